The van der Waals surface area contributed by atoms with E-state index in [1.54, 1.807) is 18.5 Å². The molecule has 1 aliphatic rings. The summed E-state index contributed by atoms with van der Waals surface area (Å²) in [6, 6.07) is 6.53. The zero-order chi connectivity index (χ0) is 24.5. The lowest BCUT2D eigenvalue weighted by molar-refractivity contribution is -0.125. The van der Waals surface area contributed by atoms with Crippen LogP contribution in [0.2, 0.25) is 0 Å². The Morgan fingerprint density at radius 1 is 1.24 bits per heavy atom. The summed E-state index contributed by atoms with van der Waals surface area (Å²) >= 11 is 0. The number of hydrogen-bond acceptors (Lipinski definition) is 6. The largest absolute Gasteiger partial charge is 0.351 e. The van der Waals surface area contributed by atoms with Gasteiger partial charge in [0.15, 0.2) is 0 Å². The highest BCUT2D eigenvalue weighted by Crippen LogP contribution is 2.31. The molecule has 0 unspecified atom stereocenters. The van der Waals surface area contributed by atoms with Gasteiger partial charge in [0.25, 0.3) is 5.92 Å². The summed E-state index contributed by atoms with van der Waals surface area (Å²) in [4.78, 5) is 26.6. The lowest BCUT2D eigenvalue weighted by Crippen LogP contribution is -2.60. The Kier molecular flexibility index (Phi) is 6.54. The van der Waals surface area contributed by atoms with Gasteiger partial charge in [-0.1, -0.05) is 31.2 Å². The van der Waals surface area contributed by atoms with Crippen molar-refractivity contribution < 1.29 is 22.0 Å². The van der Waals surface area contributed by atoms with E-state index in [4.69, 9.17) is 0 Å². The lowest BCUT2D eigenvalue weighted by atomic mass is 10.0. The second kappa shape index (κ2) is 9.26. The van der Waals surface area contributed by atoms with E-state index in [9.17, 15) is 22.0 Å². The predicted molar refractivity (Wildman–Crippen MR) is 124 cm³/mol. The number of amides is 1. The van der Waals surface area contributed by atoms with Crippen LogP contribution in [0.15, 0.2) is 42.7 Å². The van der Waals surface area contributed by atoms with Crippen LogP contribution in [0.5, 0.6) is 0 Å². The Hall–Kier alpha value is -3.12. The molecule has 9 nitrogen and oxygen atoms in total. The number of carbonyl (C=O) groups is 1. The molecular weight excluding hydrogens is 466 g/mol. The van der Waals surface area contributed by atoms with Crippen molar-refractivity contribution in [2.45, 2.75) is 31.9 Å². The van der Waals surface area contributed by atoms with Crippen molar-refractivity contribution in [3.05, 3.63) is 53.9 Å². The Morgan fingerprint density at radius 3 is 2.62 bits per heavy atom. The number of carbonyl (C=O) groups excluding carboxylic acids is 1. The lowest BCUT2D eigenvalue weighted by Gasteiger charge is -2.38. The van der Waals surface area contributed by atoms with Crippen LogP contribution in [0.3, 0.4) is 0 Å². The summed E-state index contributed by atoms with van der Waals surface area (Å²) in [5.74, 6) is -2.85. The number of rotatable bonds is 7. The molecule has 3 heterocycles. The molecule has 2 N–H and O–H groups in total. The Labute approximate surface area is 196 Å². The molecule has 0 saturated carbocycles. The number of aromatic amines is 1. The van der Waals surface area contributed by atoms with Gasteiger partial charge in [0.05, 0.1) is 23.5 Å². The van der Waals surface area contributed by atoms with Gasteiger partial charge in [-0.2, -0.15) is 4.31 Å². The van der Waals surface area contributed by atoms with Crippen LogP contribution >= 0.6 is 0 Å². The zero-order valence-electron chi connectivity index (χ0n) is 18.8. The highest BCUT2D eigenvalue weighted by atomic mass is 32.2. The first kappa shape index (κ1) is 24.0. The minimum absolute atomic E-state index is 0.0845. The summed E-state index contributed by atoms with van der Waals surface area (Å²) in [7, 11) is -3.64. The molecule has 0 radical (unpaired) electrons. The predicted octanol–water partition coefficient (Wildman–Crippen LogP) is 2.23. The second-order valence-corrected chi connectivity index (χ2v) is 10.2. The van der Waals surface area contributed by atoms with E-state index in [1.165, 1.54) is 35.5 Å². The molecule has 2 aromatic heterocycles. The van der Waals surface area contributed by atoms with Gasteiger partial charge < -0.3 is 15.2 Å². The summed E-state index contributed by atoms with van der Waals surface area (Å²) in [6.45, 7) is 2.08. The van der Waals surface area contributed by atoms with Crippen molar-refractivity contribution >= 4 is 32.9 Å². The molecule has 34 heavy (non-hydrogen) atoms. The van der Waals surface area contributed by atoms with E-state index >= 15 is 0 Å². The fraction of sp³-hybridized carbons (Fsp3) is 0.409. The van der Waals surface area contributed by atoms with Gasteiger partial charge in [0, 0.05) is 44.4 Å². The molecule has 0 spiro atoms. The Balaban J connectivity index is 1.48. The fourth-order valence-electron chi connectivity index (χ4n) is 3.94. The van der Waals surface area contributed by atoms with Gasteiger partial charge in [-0.3, -0.25) is 9.78 Å². The first-order chi connectivity index (χ1) is 16.1. The number of anilines is 1. The maximum absolute atomic E-state index is 13.8. The third-order valence-corrected chi connectivity index (χ3v) is 7.21. The van der Waals surface area contributed by atoms with Crippen molar-refractivity contribution in [2.75, 3.05) is 30.8 Å². The SMILES string of the molecule is CCC(F)(F)c1ccc(CNC(=O)[C@H]2CN(c3nc4ccncc4[nH]3)CCN2S(C)(=O)=O)cc1. The maximum atomic E-state index is 13.8. The molecule has 12 heteroatoms. The van der Waals surface area contributed by atoms with Crippen LogP contribution in [-0.4, -0.2) is 65.5 Å². The average molecular weight is 493 g/mol. The van der Waals surface area contributed by atoms with Gasteiger partial charge in [-0.25, -0.2) is 22.2 Å². The molecule has 0 aliphatic carbocycles. The first-order valence-electron chi connectivity index (χ1n) is 10.8. The van der Waals surface area contributed by atoms with E-state index in [2.05, 4.69) is 20.3 Å². The van der Waals surface area contributed by atoms with Crippen LogP contribution < -0.4 is 10.2 Å². The molecule has 4 rings (SSSR count). The molecule has 1 saturated heterocycles. The molecule has 1 fully saturated rings. The third kappa shape index (κ3) is 5.02. The molecule has 1 amide bonds. The van der Waals surface area contributed by atoms with E-state index in [1.807, 2.05) is 4.90 Å². The third-order valence-electron chi connectivity index (χ3n) is 5.92. The van der Waals surface area contributed by atoms with Crippen molar-refractivity contribution in [3.63, 3.8) is 0 Å². The number of sulfonamides is 1. The van der Waals surface area contributed by atoms with Crippen LogP contribution in [-0.2, 0) is 27.3 Å². The summed E-state index contributed by atoms with van der Waals surface area (Å²) < 4.78 is 53.5. The van der Waals surface area contributed by atoms with Gasteiger partial charge in [0.2, 0.25) is 21.9 Å². The highest BCUT2D eigenvalue weighted by Gasteiger charge is 2.38. The average Bonchev–Trinajstić information content (AvgIpc) is 3.26. The zero-order valence-corrected chi connectivity index (χ0v) is 19.6. The minimum Gasteiger partial charge on any atom is -0.351 e. The van der Waals surface area contributed by atoms with E-state index in [-0.39, 0.29) is 31.6 Å². The van der Waals surface area contributed by atoms with Crippen molar-refractivity contribution in [1.82, 2.24) is 24.6 Å². The van der Waals surface area contributed by atoms with Crippen molar-refractivity contribution in [1.29, 1.82) is 0 Å². The number of H-pyrrole nitrogens is 1. The topological polar surface area (TPSA) is 111 Å². The Bertz CT molecular complexity index is 1250. The summed E-state index contributed by atoms with van der Waals surface area (Å²) in [6.07, 6.45) is 4.04. The molecule has 0 bridgehead atoms. The number of imidazole rings is 1. The molecule has 1 aliphatic heterocycles. The van der Waals surface area contributed by atoms with Crippen LogP contribution in [0, 0.1) is 0 Å². The van der Waals surface area contributed by atoms with Gasteiger partial charge in [-0.05, 0) is 11.6 Å². The molecule has 1 aromatic carbocycles. The highest BCUT2D eigenvalue weighted by molar-refractivity contribution is 7.88. The number of piperazine rings is 1. The normalized spacial score (nSPS) is 17.8. The van der Waals surface area contributed by atoms with Crippen LogP contribution in [0.25, 0.3) is 11.0 Å². The first-order valence-corrected chi connectivity index (χ1v) is 12.7. The maximum Gasteiger partial charge on any atom is 0.273 e. The molecule has 3 aromatic rings. The second-order valence-electron chi connectivity index (χ2n) is 8.26. The fourth-order valence-corrected chi connectivity index (χ4v) is 4.98. The van der Waals surface area contributed by atoms with Crippen LogP contribution in [0.4, 0.5) is 14.7 Å². The molecule has 182 valence electrons. The number of fused-ring (bicyclic) bond motifs is 1. The van der Waals surface area contributed by atoms with E-state index < -0.39 is 27.9 Å². The molecule has 1 atom stereocenters. The minimum atomic E-state index is -3.64. The van der Waals surface area contributed by atoms with Crippen LogP contribution in [0.1, 0.15) is 24.5 Å². The number of benzene rings is 1. The summed E-state index contributed by atoms with van der Waals surface area (Å²) in [5.41, 5.74) is 2.00. The number of nitrogens with zero attached hydrogens (tertiary/aromatic N) is 4. The number of hydrogen-bond donors (Lipinski definition) is 2. The standard InChI is InChI=1S/C22H26F2N6O3S/c1-3-22(23,24)16-6-4-15(5-7-16)12-26-20(31)19-14-29(10-11-30(19)34(2,32)33)21-27-17-8-9-25-13-18(17)28-21/h4-9,13,19H,3,10-12,14H2,1-2H3,(H,26,31)(H,27,28)/t19-/m1/s1. The number of aromatic nitrogens is 3. The van der Waals surface area contributed by atoms with E-state index in [0.717, 1.165) is 11.8 Å². The summed E-state index contributed by atoms with van der Waals surface area (Å²) in [5, 5.41) is 2.74. The number of pyridine rings is 1. The Morgan fingerprint density at radius 2 is 1.97 bits per heavy atom. The van der Waals surface area contributed by atoms with Crippen molar-refractivity contribution in [3.8, 4) is 0 Å². The number of alkyl halides is 2. The quantitative estimate of drug-likeness (QED) is 0.523. The smallest absolute Gasteiger partial charge is 0.273 e. The number of nitrogens with one attached hydrogen (secondary N) is 2. The monoisotopic (exact) mass is 492 g/mol. The molecular formula is C22H26F2N6O3S. The van der Waals surface area contributed by atoms with Gasteiger partial charge in [0.1, 0.15) is 6.04 Å². The van der Waals surface area contributed by atoms with E-state index in [0.29, 0.717) is 23.6 Å². The van der Waals surface area contributed by atoms with Gasteiger partial charge >= 0.3 is 0 Å². The van der Waals surface area contributed by atoms with Gasteiger partial charge in [-0.15, -0.1) is 0 Å². The number of halogens is 2. The van der Waals surface area contributed by atoms with Crippen molar-refractivity contribution in [2.24, 2.45) is 0 Å².